The molecule has 26 heavy (non-hydrogen) atoms. The molecule has 0 heterocycles. The second kappa shape index (κ2) is 8.35. The minimum Gasteiger partial charge on any atom is -0.338 e. The van der Waals surface area contributed by atoms with E-state index in [-0.39, 0.29) is 0 Å². The van der Waals surface area contributed by atoms with E-state index in [9.17, 15) is 9.59 Å². The lowest BCUT2D eigenvalue weighted by Crippen LogP contribution is -2.61. The summed E-state index contributed by atoms with van der Waals surface area (Å²) in [5, 5.41) is 11.3. The van der Waals surface area contributed by atoms with Crippen LogP contribution in [0.15, 0.2) is 35.9 Å². The third kappa shape index (κ3) is 5.78. The number of nitrogens with two attached hydrogens (primary N) is 1. The van der Waals surface area contributed by atoms with Gasteiger partial charge in [0.1, 0.15) is 6.04 Å². The first-order valence-electron chi connectivity index (χ1n) is 8.14. The van der Waals surface area contributed by atoms with Gasteiger partial charge in [0, 0.05) is 16.7 Å². The quantitative estimate of drug-likeness (QED) is 0.370. The van der Waals surface area contributed by atoms with E-state index in [1.165, 1.54) is 11.1 Å². The van der Waals surface area contributed by atoms with E-state index in [1.807, 2.05) is 6.08 Å². The Labute approximate surface area is 152 Å². The van der Waals surface area contributed by atoms with Gasteiger partial charge in [-0.25, -0.2) is 5.48 Å². The molecule has 2 amide bonds. The van der Waals surface area contributed by atoms with E-state index >= 15 is 0 Å². The molecule has 6 heteroatoms. The van der Waals surface area contributed by atoms with Gasteiger partial charge >= 0.3 is 0 Å². The maximum atomic E-state index is 12.3. The van der Waals surface area contributed by atoms with Crippen LogP contribution in [0.3, 0.4) is 0 Å². The van der Waals surface area contributed by atoms with Gasteiger partial charge in [-0.15, -0.1) is 0 Å². The first kappa shape index (κ1) is 19.3. The first-order chi connectivity index (χ1) is 12.3. The number of hydroxylamine groups is 1. The van der Waals surface area contributed by atoms with E-state index in [0.717, 1.165) is 18.4 Å². The van der Waals surface area contributed by atoms with Gasteiger partial charge in [0.05, 0.1) is 0 Å². The molecule has 0 spiro atoms. The van der Waals surface area contributed by atoms with Crippen LogP contribution in [-0.4, -0.2) is 28.6 Å². The Morgan fingerprint density at radius 1 is 1.23 bits per heavy atom. The average Bonchev–Trinajstić information content (AvgIpc) is 3.42. The monoisotopic (exact) mass is 351 g/mol. The molecule has 1 fully saturated rings. The summed E-state index contributed by atoms with van der Waals surface area (Å²) in [6.07, 6.45) is 4.15. The normalized spacial score (nSPS) is 13.3. The van der Waals surface area contributed by atoms with Crippen LogP contribution < -0.4 is 16.5 Å². The fourth-order valence-electron chi connectivity index (χ4n) is 2.07. The molecule has 0 aromatic heterocycles. The highest BCUT2D eigenvalue weighted by Crippen LogP contribution is 2.26. The first-order valence-corrected chi connectivity index (χ1v) is 8.14. The molecule has 1 aliphatic carbocycles. The molecular weight excluding hydrogens is 330 g/mol. The third-order valence-electron chi connectivity index (χ3n) is 3.70. The van der Waals surface area contributed by atoms with Crippen LogP contribution in [0.1, 0.15) is 42.6 Å². The van der Waals surface area contributed by atoms with Crippen molar-refractivity contribution in [2.45, 2.75) is 38.3 Å². The van der Waals surface area contributed by atoms with E-state index in [4.69, 9.17) is 10.9 Å². The molecule has 0 aliphatic heterocycles. The summed E-state index contributed by atoms with van der Waals surface area (Å²) >= 11 is 0. The molecular formula is C20H21N3O3. The molecule has 1 saturated carbocycles. The molecule has 1 atom stereocenters. The minimum atomic E-state index is -1.09. The van der Waals surface area contributed by atoms with Crippen molar-refractivity contribution in [2.75, 3.05) is 0 Å². The second-order valence-electron chi connectivity index (χ2n) is 6.60. The van der Waals surface area contributed by atoms with Crippen LogP contribution in [0.4, 0.5) is 0 Å². The summed E-state index contributed by atoms with van der Waals surface area (Å²) in [6.45, 7) is 3.15. The number of allylic oxidation sites excluding steroid dienone is 2. The Morgan fingerprint density at radius 2 is 1.88 bits per heavy atom. The topological polar surface area (TPSA) is 104 Å². The number of hydrogen-bond acceptors (Lipinski definition) is 4. The van der Waals surface area contributed by atoms with Crippen molar-refractivity contribution in [3.8, 4) is 23.7 Å². The van der Waals surface area contributed by atoms with Gasteiger partial charge in [0.2, 0.25) is 0 Å². The minimum absolute atomic E-state index is 0.347. The highest BCUT2D eigenvalue weighted by atomic mass is 16.5. The number of nitrogens with one attached hydrogen (secondary N) is 2. The van der Waals surface area contributed by atoms with Gasteiger partial charge in [-0.05, 0) is 68.9 Å². The van der Waals surface area contributed by atoms with Crippen molar-refractivity contribution in [1.29, 1.82) is 0 Å². The molecule has 0 bridgehead atoms. The number of hydrogen-bond donors (Lipinski definition) is 4. The Kier molecular flexibility index (Phi) is 6.19. The van der Waals surface area contributed by atoms with Crippen molar-refractivity contribution in [2.24, 2.45) is 5.73 Å². The highest BCUT2D eigenvalue weighted by Gasteiger charge is 2.33. The van der Waals surface area contributed by atoms with Crippen LogP contribution in [0.25, 0.3) is 0 Å². The summed E-state index contributed by atoms with van der Waals surface area (Å²) in [5.74, 6) is 10.0. The number of benzene rings is 1. The molecule has 1 aliphatic rings. The number of carbonyl (C=O) groups is 2. The van der Waals surface area contributed by atoms with Gasteiger partial charge in [-0.2, -0.15) is 0 Å². The van der Waals surface area contributed by atoms with Crippen LogP contribution >= 0.6 is 0 Å². The van der Waals surface area contributed by atoms with Gasteiger partial charge in [-0.3, -0.25) is 14.8 Å². The van der Waals surface area contributed by atoms with E-state index in [2.05, 4.69) is 29.0 Å². The van der Waals surface area contributed by atoms with Crippen LogP contribution in [-0.2, 0) is 4.79 Å². The van der Waals surface area contributed by atoms with Gasteiger partial charge in [0.15, 0.2) is 0 Å². The average molecular weight is 351 g/mol. The summed E-state index contributed by atoms with van der Waals surface area (Å²) in [6, 6.07) is 5.48. The maximum absolute atomic E-state index is 12.3. The Hall–Kier alpha value is -3.06. The molecule has 2 rings (SSSR count). The predicted molar refractivity (Wildman–Crippen MR) is 97.9 cm³/mol. The Bertz CT molecular complexity index is 835. The number of rotatable bonds is 4. The van der Waals surface area contributed by atoms with Crippen molar-refractivity contribution < 1.29 is 14.8 Å². The molecule has 1 aromatic carbocycles. The fourth-order valence-corrected chi connectivity index (χ4v) is 2.07. The number of carbonyl (C=O) groups excluding carboxylic acids is 2. The summed E-state index contributed by atoms with van der Waals surface area (Å²) < 4.78 is 0. The zero-order valence-electron chi connectivity index (χ0n) is 14.7. The molecule has 5 N–H and O–H groups in total. The van der Waals surface area contributed by atoms with Crippen LogP contribution in [0.2, 0.25) is 0 Å². The lowest BCUT2D eigenvalue weighted by Gasteiger charge is -2.29. The molecule has 0 saturated heterocycles. The lowest BCUT2D eigenvalue weighted by atomic mass is 9.95. The zero-order valence-corrected chi connectivity index (χ0v) is 14.7. The maximum Gasteiger partial charge on any atom is 0.267 e. The van der Waals surface area contributed by atoms with Gasteiger partial charge < -0.3 is 11.1 Å². The molecule has 134 valence electrons. The summed E-state index contributed by atoms with van der Waals surface area (Å²) in [4.78, 5) is 24.0. The highest BCUT2D eigenvalue weighted by molar-refractivity contribution is 5.97. The second-order valence-corrected chi connectivity index (χ2v) is 6.60. The Balaban J connectivity index is 2.03. The van der Waals surface area contributed by atoms with Crippen molar-refractivity contribution in [3.63, 3.8) is 0 Å². The van der Waals surface area contributed by atoms with E-state index < -0.39 is 23.4 Å². The van der Waals surface area contributed by atoms with Gasteiger partial charge in [-0.1, -0.05) is 17.4 Å². The fraction of sp³-hybridized carbons (Fsp3) is 0.300. The standard InChI is InChI=1S/C20H21N3O3/c1-20(2,21)17(19(25)23-26)22-18(24)16-12-10-15(11-13-16)7-5-3-4-6-14-8-9-14/h6,10-13,17,26H,8-9,21H2,1-2H3,(H,22,24)(H,23,25)/t17-/m1/s1. The summed E-state index contributed by atoms with van der Waals surface area (Å²) in [7, 11) is 0. The van der Waals surface area contributed by atoms with Gasteiger partial charge in [0.25, 0.3) is 11.8 Å². The van der Waals surface area contributed by atoms with Crippen molar-refractivity contribution in [1.82, 2.24) is 10.8 Å². The van der Waals surface area contributed by atoms with Crippen LogP contribution in [0, 0.1) is 23.7 Å². The van der Waals surface area contributed by atoms with E-state index in [1.54, 1.807) is 38.1 Å². The number of amides is 2. The van der Waals surface area contributed by atoms with Crippen LogP contribution in [0.5, 0.6) is 0 Å². The molecule has 0 radical (unpaired) electrons. The van der Waals surface area contributed by atoms with Crippen molar-refractivity contribution >= 4 is 11.8 Å². The van der Waals surface area contributed by atoms with E-state index in [0.29, 0.717) is 5.56 Å². The lowest BCUT2D eigenvalue weighted by molar-refractivity contribution is -0.132. The molecule has 1 aromatic rings. The SMILES string of the molecule is CC(C)(N)[C@H](NC(=O)c1ccc(C#CC#CC=C2CC2)cc1)C(=O)NO. The smallest absolute Gasteiger partial charge is 0.267 e. The van der Waals surface area contributed by atoms with Crippen molar-refractivity contribution in [3.05, 3.63) is 47.0 Å². The largest absolute Gasteiger partial charge is 0.338 e. The molecule has 6 nitrogen and oxygen atoms in total. The predicted octanol–water partition coefficient (Wildman–Crippen LogP) is 1.10. The molecule has 0 unspecified atom stereocenters. The Morgan fingerprint density at radius 3 is 2.42 bits per heavy atom. The summed E-state index contributed by atoms with van der Waals surface area (Å²) in [5.41, 5.74) is 8.77. The zero-order chi connectivity index (χ0) is 19.2. The third-order valence-corrected chi connectivity index (χ3v) is 3.70.